The number of rotatable bonds is 5. The van der Waals surface area contributed by atoms with E-state index in [0.29, 0.717) is 11.7 Å². The lowest BCUT2D eigenvalue weighted by molar-refractivity contribution is -0.141. The zero-order valence-electron chi connectivity index (χ0n) is 11.1. The van der Waals surface area contributed by atoms with E-state index in [1.165, 1.54) is 18.4 Å². The fraction of sp³-hybridized carbons (Fsp3) is 0.385. The molecule has 1 aromatic heterocycles. The van der Waals surface area contributed by atoms with Crippen LogP contribution in [-0.2, 0) is 9.53 Å². The second-order valence-corrected chi connectivity index (χ2v) is 5.00. The van der Waals surface area contributed by atoms with E-state index < -0.39 is 6.04 Å². The van der Waals surface area contributed by atoms with Crippen LogP contribution in [0.3, 0.4) is 0 Å². The molecule has 6 heteroatoms. The van der Waals surface area contributed by atoms with Gasteiger partial charge in [0, 0.05) is 0 Å². The van der Waals surface area contributed by atoms with Crippen molar-refractivity contribution in [2.75, 3.05) is 19.0 Å². The van der Waals surface area contributed by atoms with Crippen molar-refractivity contribution in [3.05, 3.63) is 18.2 Å². The van der Waals surface area contributed by atoms with Gasteiger partial charge in [-0.05, 0) is 32.0 Å². The zero-order valence-corrected chi connectivity index (χ0v) is 11.9. The summed E-state index contributed by atoms with van der Waals surface area (Å²) < 4.78 is 11.1. The average Bonchev–Trinajstić information content (AvgIpc) is 2.79. The lowest BCUT2D eigenvalue weighted by Gasteiger charge is -2.09. The number of anilines is 1. The van der Waals surface area contributed by atoms with Crippen molar-refractivity contribution in [1.82, 2.24) is 4.98 Å². The van der Waals surface area contributed by atoms with Gasteiger partial charge in [0.05, 0.1) is 23.9 Å². The van der Waals surface area contributed by atoms with E-state index in [-0.39, 0.29) is 5.97 Å². The zero-order chi connectivity index (χ0) is 13.8. The van der Waals surface area contributed by atoms with Crippen LogP contribution in [0.15, 0.2) is 18.2 Å². The summed E-state index contributed by atoms with van der Waals surface area (Å²) in [7, 11) is 1.37. The van der Waals surface area contributed by atoms with Gasteiger partial charge in [-0.1, -0.05) is 11.3 Å². The highest BCUT2D eigenvalue weighted by Gasteiger charge is 2.14. The first-order chi connectivity index (χ1) is 9.13. The van der Waals surface area contributed by atoms with Gasteiger partial charge in [-0.3, -0.25) is 0 Å². The largest absolute Gasteiger partial charge is 0.494 e. The number of hydrogen-bond acceptors (Lipinski definition) is 6. The van der Waals surface area contributed by atoms with Crippen LogP contribution in [0.1, 0.15) is 13.8 Å². The summed E-state index contributed by atoms with van der Waals surface area (Å²) in [4.78, 5) is 15.8. The Balaban J connectivity index is 2.19. The van der Waals surface area contributed by atoms with Crippen LogP contribution in [-0.4, -0.2) is 30.7 Å². The van der Waals surface area contributed by atoms with E-state index in [4.69, 9.17) is 4.74 Å². The average molecular weight is 280 g/mol. The maximum absolute atomic E-state index is 11.3. The summed E-state index contributed by atoms with van der Waals surface area (Å²) in [6, 6.07) is 5.32. The summed E-state index contributed by atoms with van der Waals surface area (Å²) in [5, 5.41) is 3.72. The Morgan fingerprint density at radius 1 is 1.53 bits per heavy atom. The second kappa shape index (κ2) is 5.88. The molecule has 0 saturated heterocycles. The first-order valence-electron chi connectivity index (χ1n) is 6.01. The Bertz CT molecular complexity index is 582. The quantitative estimate of drug-likeness (QED) is 0.853. The summed E-state index contributed by atoms with van der Waals surface area (Å²) >= 11 is 1.48. The van der Waals surface area contributed by atoms with Crippen molar-refractivity contribution >= 4 is 32.7 Å². The molecule has 0 saturated carbocycles. The SMILES string of the molecule is CCOc1ccc2nc(NC(C)C(=O)OC)sc2c1. The molecule has 2 aromatic rings. The topological polar surface area (TPSA) is 60.5 Å². The predicted molar refractivity (Wildman–Crippen MR) is 75.9 cm³/mol. The van der Waals surface area contributed by atoms with Gasteiger partial charge in [0.2, 0.25) is 0 Å². The number of nitrogens with one attached hydrogen (secondary N) is 1. The minimum absolute atomic E-state index is 0.311. The predicted octanol–water partition coefficient (Wildman–Crippen LogP) is 2.67. The van der Waals surface area contributed by atoms with Crippen LogP contribution in [0.4, 0.5) is 5.13 Å². The number of thiazole rings is 1. The molecule has 0 aliphatic rings. The van der Waals surface area contributed by atoms with E-state index in [2.05, 4.69) is 15.0 Å². The van der Waals surface area contributed by atoms with E-state index in [0.717, 1.165) is 16.0 Å². The molecule has 102 valence electrons. The van der Waals surface area contributed by atoms with Crippen LogP contribution in [0.25, 0.3) is 10.2 Å². The molecule has 5 nitrogen and oxygen atoms in total. The molecule has 1 aromatic carbocycles. The number of fused-ring (bicyclic) bond motifs is 1. The molecule has 0 fully saturated rings. The highest BCUT2D eigenvalue weighted by Crippen LogP contribution is 2.29. The standard InChI is InChI=1S/C13H16N2O3S/c1-4-18-9-5-6-10-11(7-9)19-13(15-10)14-8(2)12(16)17-3/h5-8H,4H2,1-3H3,(H,14,15). The molecule has 19 heavy (non-hydrogen) atoms. The number of methoxy groups -OCH3 is 1. The Kier molecular flexibility index (Phi) is 4.21. The molecule has 0 amide bonds. The van der Waals surface area contributed by atoms with Crippen molar-refractivity contribution in [3.8, 4) is 5.75 Å². The monoisotopic (exact) mass is 280 g/mol. The van der Waals surface area contributed by atoms with Crippen LogP contribution in [0, 0.1) is 0 Å². The van der Waals surface area contributed by atoms with Crippen molar-refractivity contribution in [3.63, 3.8) is 0 Å². The van der Waals surface area contributed by atoms with Gasteiger partial charge >= 0.3 is 5.97 Å². The minimum atomic E-state index is -0.420. The maximum atomic E-state index is 11.3. The lowest BCUT2D eigenvalue weighted by atomic mass is 10.3. The Hall–Kier alpha value is -1.82. The molecule has 1 unspecified atom stereocenters. The maximum Gasteiger partial charge on any atom is 0.328 e. The Morgan fingerprint density at radius 2 is 2.32 bits per heavy atom. The van der Waals surface area contributed by atoms with Crippen molar-refractivity contribution in [1.29, 1.82) is 0 Å². The number of hydrogen-bond donors (Lipinski definition) is 1. The fourth-order valence-electron chi connectivity index (χ4n) is 1.64. The van der Waals surface area contributed by atoms with E-state index in [1.54, 1.807) is 6.92 Å². The molecule has 0 aliphatic carbocycles. The molecule has 0 spiro atoms. The highest BCUT2D eigenvalue weighted by molar-refractivity contribution is 7.22. The van der Waals surface area contributed by atoms with Crippen molar-refractivity contribution in [2.24, 2.45) is 0 Å². The number of carbonyl (C=O) groups excluding carboxylic acids is 1. The van der Waals surface area contributed by atoms with E-state index in [1.807, 2.05) is 25.1 Å². The summed E-state index contributed by atoms with van der Waals surface area (Å²) in [5.74, 6) is 0.514. The molecule has 0 radical (unpaired) electrons. The summed E-state index contributed by atoms with van der Waals surface area (Å²) in [5.41, 5.74) is 0.882. The third kappa shape index (κ3) is 3.14. The Morgan fingerprint density at radius 3 is 3.00 bits per heavy atom. The van der Waals surface area contributed by atoms with Crippen LogP contribution in [0.2, 0.25) is 0 Å². The minimum Gasteiger partial charge on any atom is -0.494 e. The number of nitrogens with zero attached hydrogens (tertiary/aromatic N) is 1. The Labute approximate surface area is 115 Å². The molecule has 1 heterocycles. The third-order valence-electron chi connectivity index (χ3n) is 2.57. The number of esters is 1. The summed E-state index contributed by atoms with van der Waals surface area (Å²) in [6.07, 6.45) is 0. The highest BCUT2D eigenvalue weighted by atomic mass is 32.1. The van der Waals surface area contributed by atoms with Gasteiger partial charge in [-0.15, -0.1) is 0 Å². The number of aromatic nitrogens is 1. The van der Waals surface area contributed by atoms with Crippen LogP contribution >= 0.6 is 11.3 Å². The van der Waals surface area contributed by atoms with Crippen LogP contribution in [0.5, 0.6) is 5.75 Å². The molecule has 1 atom stereocenters. The number of benzene rings is 1. The van der Waals surface area contributed by atoms with Gasteiger partial charge in [0.1, 0.15) is 11.8 Å². The molecule has 0 aliphatic heterocycles. The summed E-state index contributed by atoms with van der Waals surface area (Å²) in [6.45, 7) is 4.32. The number of ether oxygens (including phenoxy) is 2. The third-order valence-corrected chi connectivity index (χ3v) is 3.52. The molecule has 0 bridgehead atoms. The lowest BCUT2D eigenvalue weighted by Crippen LogP contribution is -2.26. The van der Waals surface area contributed by atoms with Crippen molar-refractivity contribution in [2.45, 2.75) is 19.9 Å². The smallest absolute Gasteiger partial charge is 0.328 e. The molecular weight excluding hydrogens is 264 g/mol. The van der Waals surface area contributed by atoms with Gasteiger partial charge in [0.15, 0.2) is 5.13 Å². The van der Waals surface area contributed by atoms with E-state index in [9.17, 15) is 4.79 Å². The normalized spacial score (nSPS) is 12.2. The molecule has 2 rings (SSSR count). The van der Waals surface area contributed by atoms with E-state index >= 15 is 0 Å². The van der Waals surface area contributed by atoms with Gasteiger partial charge in [-0.2, -0.15) is 0 Å². The van der Waals surface area contributed by atoms with Crippen molar-refractivity contribution < 1.29 is 14.3 Å². The second-order valence-electron chi connectivity index (χ2n) is 3.97. The van der Waals surface area contributed by atoms with Gasteiger partial charge in [0.25, 0.3) is 0 Å². The first-order valence-corrected chi connectivity index (χ1v) is 6.83. The molecule has 1 N–H and O–H groups in total. The van der Waals surface area contributed by atoms with Gasteiger partial charge in [-0.25, -0.2) is 9.78 Å². The van der Waals surface area contributed by atoms with Gasteiger partial charge < -0.3 is 14.8 Å². The molecular formula is C13H16N2O3S. The number of carbonyl (C=O) groups is 1. The van der Waals surface area contributed by atoms with Crippen LogP contribution < -0.4 is 10.1 Å². The first kappa shape index (κ1) is 13.6. The fourth-order valence-corrected chi connectivity index (χ4v) is 2.63.